The van der Waals surface area contributed by atoms with Gasteiger partial charge in [0.05, 0.1) is 12.1 Å². The fraction of sp³-hybridized carbons (Fsp3) is 0.263. The highest BCUT2D eigenvalue weighted by atomic mass is 79.9. The number of para-hydroxylation sites is 1. The first-order valence-corrected chi connectivity index (χ1v) is 9.02. The second-order valence-electron chi connectivity index (χ2n) is 6.16. The lowest BCUT2D eigenvalue weighted by molar-refractivity contribution is -0.114. The predicted molar refractivity (Wildman–Crippen MR) is 103 cm³/mol. The van der Waals surface area contributed by atoms with Gasteiger partial charge in [-0.1, -0.05) is 28.1 Å². The first kappa shape index (κ1) is 17.5. The highest BCUT2D eigenvalue weighted by Gasteiger charge is 2.24. The van der Waals surface area contributed by atoms with E-state index in [0.29, 0.717) is 17.3 Å². The average molecular weight is 402 g/mol. The predicted octanol–water partition coefficient (Wildman–Crippen LogP) is 3.70. The molecule has 1 aliphatic rings. The second kappa shape index (κ2) is 7.70. The van der Waals surface area contributed by atoms with Crippen LogP contribution in [-0.4, -0.2) is 24.4 Å². The van der Waals surface area contributed by atoms with Gasteiger partial charge in [-0.2, -0.15) is 0 Å². The van der Waals surface area contributed by atoms with Crippen LogP contribution in [0.15, 0.2) is 46.9 Å². The molecule has 3 N–H and O–H groups in total. The molecule has 0 aliphatic heterocycles. The summed E-state index contributed by atoms with van der Waals surface area (Å²) < 4.78 is 0.999. The zero-order chi connectivity index (χ0) is 17.8. The molecule has 3 rings (SSSR count). The van der Waals surface area contributed by atoms with Gasteiger partial charge in [-0.3, -0.25) is 9.59 Å². The highest BCUT2D eigenvalue weighted by Crippen LogP contribution is 2.22. The van der Waals surface area contributed by atoms with Gasteiger partial charge in [0.25, 0.3) is 5.91 Å². The van der Waals surface area contributed by atoms with Gasteiger partial charge in [0, 0.05) is 21.9 Å². The number of rotatable bonds is 6. The normalized spacial score (nSPS) is 13.2. The highest BCUT2D eigenvalue weighted by molar-refractivity contribution is 9.10. The Labute approximate surface area is 155 Å². The zero-order valence-electron chi connectivity index (χ0n) is 13.9. The molecule has 0 radical (unpaired) electrons. The van der Waals surface area contributed by atoms with Crippen LogP contribution in [-0.2, 0) is 4.79 Å². The number of carbonyl (C=O) groups is 2. The number of halogens is 1. The molecule has 0 heterocycles. The molecule has 6 heteroatoms. The molecule has 2 aromatic carbocycles. The fourth-order valence-electron chi connectivity index (χ4n) is 2.43. The van der Waals surface area contributed by atoms with Crippen LogP contribution < -0.4 is 16.0 Å². The second-order valence-corrected chi connectivity index (χ2v) is 7.01. The summed E-state index contributed by atoms with van der Waals surface area (Å²) in [5.74, 6) is -0.270. The summed E-state index contributed by atoms with van der Waals surface area (Å²) in [5, 5.41) is 8.87. The number of anilines is 2. The van der Waals surface area contributed by atoms with Crippen LogP contribution in [0, 0.1) is 6.92 Å². The van der Waals surface area contributed by atoms with Crippen molar-refractivity contribution in [3.8, 4) is 0 Å². The number of carbonyl (C=O) groups excluding carboxylic acids is 2. The van der Waals surface area contributed by atoms with E-state index in [-0.39, 0.29) is 18.4 Å². The Balaban J connectivity index is 1.59. The Kier molecular flexibility index (Phi) is 5.38. The van der Waals surface area contributed by atoms with Gasteiger partial charge >= 0.3 is 0 Å². The lowest BCUT2D eigenvalue weighted by Crippen LogP contribution is -2.27. The van der Waals surface area contributed by atoms with Gasteiger partial charge < -0.3 is 16.0 Å². The van der Waals surface area contributed by atoms with Crippen molar-refractivity contribution >= 4 is 39.1 Å². The molecule has 5 nitrogen and oxygen atoms in total. The number of hydrogen-bond acceptors (Lipinski definition) is 3. The van der Waals surface area contributed by atoms with Gasteiger partial charge in [-0.15, -0.1) is 0 Å². The summed E-state index contributed by atoms with van der Waals surface area (Å²) in [5.41, 5.74) is 3.00. The van der Waals surface area contributed by atoms with Crippen LogP contribution in [0.2, 0.25) is 0 Å². The van der Waals surface area contributed by atoms with Crippen LogP contribution in [0.1, 0.15) is 28.8 Å². The first-order chi connectivity index (χ1) is 12.0. The minimum Gasteiger partial charge on any atom is -0.376 e. The molecule has 2 aromatic rings. The van der Waals surface area contributed by atoms with Crippen molar-refractivity contribution in [3.05, 3.63) is 58.1 Å². The minimum absolute atomic E-state index is 0.0861. The van der Waals surface area contributed by atoms with E-state index >= 15 is 0 Å². The quantitative estimate of drug-likeness (QED) is 0.690. The molecule has 0 aromatic heterocycles. The average Bonchev–Trinajstić information content (AvgIpc) is 3.40. The van der Waals surface area contributed by atoms with Gasteiger partial charge in [0.15, 0.2) is 0 Å². The van der Waals surface area contributed by atoms with Crippen LogP contribution in [0.4, 0.5) is 11.4 Å². The summed E-state index contributed by atoms with van der Waals surface area (Å²) in [6.07, 6.45) is 2.08. The Morgan fingerprint density at radius 3 is 2.64 bits per heavy atom. The van der Waals surface area contributed by atoms with Gasteiger partial charge in [-0.05, 0) is 55.7 Å². The maximum Gasteiger partial charge on any atom is 0.253 e. The third kappa shape index (κ3) is 4.82. The summed E-state index contributed by atoms with van der Waals surface area (Å²) >= 11 is 3.44. The molecule has 0 saturated heterocycles. The third-order valence-corrected chi connectivity index (χ3v) is 4.86. The number of benzene rings is 2. The van der Waals surface area contributed by atoms with E-state index in [4.69, 9.17) is 0 Å². The number of hydrogen-bond donors (Lipinski definition) is 3. The van der Waals surface area contributed by atoms with Crippen LogP contribution in [0.25, 0.3) is 0 Å². The first-order valence-electron chi connectivity index (χ1n) is 8.22. The van der Waals surface area contributed by atoms with Crippen molar-refractivity contribution in [2.24, 2.45) is 0 Å². The molecule has 2 amide bonds. The maximum absolute atomic E-state index is 12.3. The molecule has 0 unspecified atom stereocenters. The van der Waals surface area contributed by atoms with E-state index in [0.717, 1.165) is 28.6 Å². The third-order valence-electron chi connectivity index (χ3n) is 3.97. The fourth-order valence-corrected chi connectivity index (χ4v) is 2.68. The topological polar surface area (TPSA) is 70.2 Å². The standard InChI is InChI=1S/C19H20BrN3O2/c1-12-10-14(8-9-16(12)20)22-18(24)11-21-17-5-3-2-4-15(17)19(25)23-13-6-7-13/h2-5,8-10,13,21H,6-7,11H2,1H3,(H,22,24)(H,23,25). The van der Waals surface area contributed by atoms with Gasteiger partial charge in [0.2, 0.25) is 5.91 Å². The van der Waals surface area contributed by atoms with Gasteiger partial charge in [-0.25, -0.2) is 0 Å². The van der Waals surface area contributed by atoms with Crippen molar-refractivity contribution in [1.29, 1.82) is 0 Å². The van der Waals surface area contributed by atoms with Crippen molar-refractivity contribution in [2.75, 3.05) is 17.2 Å². The number of nitrogens with one attached hydrogen (secondary N) is 3. The lowest BCUT2D eigenvalue weighted by Gasteiger charge is -2.12. The van der Waals surface area contributed by atoms with Crippen LogP contribution >= 0.6 is 15.9 Å². The number of aryl methyl sites for hydroxylation is 1. The Bertz CT molecular complexity index is 803. The summed E-state index contributed by atoms with van der Waals surface area (Å²) in [4.78, 5) is 24.4. The van der Waals surface area contributed by atoms with E-state index in [9.17, 15) is 9.59 Å². The molecule has 0 atom stereocenters. The molecule has 1 saturated carbocycles. The van der Waals surface area contributed by atoms with E-state index in [1.807, 2.05) is 37.3 Å². The molecular formula is C19H20BrN3O2. The number of amides is 2. The zero-order valence-corrected chi connectivity index (χ0v) is 15.5. The monoisotopic (exact) mass is 401 g/mol. The lowest BCUT2D eigenvalue weighted by atomic mass is 10.1. The van der Waals surface area contributed by atoms with E-state index < -0.39 is 0 Å². The molecular weight excluding hydrogens is 382 g/mol. The summed E-state index contributed by atoms with van der Waals surface area (Å²) in [7, 11) is 0. The molecule has 0 spiro atoms. The molecule has 130 valence electrons. The summed E-state index contributed by atoms with van der Waals surface area (Å²) in [6.45, 7) is 2.05. The Morgan fingerprint density at radius 2 is 1.92 bits per heavy atom. The molecule has 0 bridgehead atoms. The van der Waals surface area contributed by atoms with E-state index in [2.05, 4.69) is 31.9 Å². The smallest absolute Gasteiger partial charge is 0.253 e. The van der Waals surface area contributed by atoms with Gasteiger partial charge in [0.1, 0.15) is 0 Å². The minimum atomic E-state index is -0.167. The van der Waals surface area contributed by atoms with Crippen molar-refractivity contribution in [3.63, 3.8) is 0 Å². The molecule has 1 fully saturated rings. The SMILES string of the molecule is Cc1cc(NC(=O)CNc2ccccc2C(=O)NC2CC2)ccc1Br. The van der Waals surface area contributed by atoms with Crippen molar-refractivity contribution < 1.29 is 9.59 Å². The van der Waals surface area contributed by atoms with Crippen molar-refractivity contribution in [2.45, 2.75) is 25.8 Å². The van der Waals surface area contributed by atoms with Crippen molar-refractivity contribution in [1.82, 2.24) is 5.32 Å². The Hall–Kier alpha value is -2.34. The largest absolute Gasteiger partial charge is 0.376 e. The van der Waals surface area contributed by atoms with E-state index in [1.54, 1.807) is 12.1 Å². The Morgan fingerprint density at radius 1 is 1.16 bits per heavy atom. The summed E-state index contributed by atoms with van der Waals surface area (Å²) in [6, 6.07) is 13.2. The molecule has 25 heavy (non-hydrogen) atoms. The van der Waals surface area contributed by atoms with Crippen LogP contribution in [0.3, 0.4) is 0 Å². The van der Waals surface area contributed by atoms with Crippen LogP contribution in [0.5, 0.6) is 0 Å². The van der Waals surface area contributed by atoms with E-state index in [1.165, 1.54) is 0 Å². The maximum atomic E-state index is 12.3. The molecule has 1 aliphatic carbocycles.